The number of hydrogen-bond acceptors (Lipinski definition) is 3. The highest BCUT2D eigenvalue weighted by Crippen LogP contribution is 2.17. The van der Waals surface area contributed by atoms with E-state index < -0.39 is 0 Å². The molecule has 0 aliphatic rings. The Morgan fingerprint density at radius 2 is 2.00 bits per heavy atom. The molecule has 0 saturated heterocycles. The summed E-state index contributed by atoms with van der Waals surface area (Å²) >= 11 is 0. The number of rotatable bonds is 4. The summed E-state index contributed by atoms with van der Waals surface area (Å²) in [6.45, 7) is 2.22. The van der Waals surface area contributed by atoms with Gasteiger partial charge in [-0.15, -0.1) is 0 Å². The SMILES string of the molecule is C[C@@H](N)c1ccc(OCc2cncc(F)c2)cc1. The van der Waals surface area contributed by atoms with Crippen LogP contribution in [0.1, 0.15) is 24.1 Å². The van der Waals surface area contributed by atoms with Crippen molar-refractivity contribution in [3.8, 4) is 5.75 Å². The Bertz CT molecular complexity index is 511. The average Bonchev–Trinajstić information content (AvgIpc) is 2.37. The van der Waals surface area contributed by atoms with Crippen LogP contribution in [-0.2, 0) is 6.61 Å². The van der Waals surface area contributed by atoms with E-state index >= 15 is 0 Å². The van der Waals surface area contributed by atoms with Crippen LogP contribution in [0.3, 0.4) is 0 Å². The van der Waals surface area contributed by atoms with E-state index in [1.807, 2.05) is 31.2 Å². The van der Waals surface area contributed by atoms with Gasteiger partial charge in [0, 0.05) is 17.8 Å². The molecule has 3 nitrogen and oxygen atoms in total. The van der Waals surface area contributed by atoms with E-state index in [-0.39, 0.29) is 11.9 Å². The van der Waals surface area contributed by atoms with Gasteiger partial charge in [0.15, 0.2) is 0 Å². The number of pyridine rings is 1. The van der Waals surface area contributed by atoms with Crippen LogP contribution in [0.5, 0.6) is 5.75 Å². The van der Waals surface area contributed by atoms with Crippen molar-refractivity contribution in [3.63, 3.8) is 0 Å². The molecule has 0 saturated carbocycles. The monoisotopic (exact) mass is 246 g/mol. The topological polar surface area (TPSA) is 48.1 Å². The standard InChI is InChI=1S/C14H15FN2O/c1-10(16)12-2-4-14(5-3-12)18-9-11-6-13(15)8-17-7-11/h2-8,10H,9,16H2,1H3/t10-/m1/s1. The molecule has 0 unspecified atom stereocenters. The van der Waals surface area contributed by atoms with E-state index in [2.05, 4.69) is 4.98 Å². The Morgan fingerprint density at radius 1 is 1.28 bits per heavy atom. The molecule has 0 radical (unpaired) electrons. The summed E-state index contributed by atoms with van der Waals surface area (Å²) in [4.78, 5) is 3.76. The van der Waals surface area contributed by atoms with Gasteiger partial charge in [0.2, 0.25) is 0 Å². The molecule has 94 valence electrons. The minimum atomic E-state index is -0.358. The summed E-state index contributed by atoms with van der Waals surface area (Å²) in [5, 5.41) is 0. The molecule has 2 aromatic rings. The summed E-state index contributed by atoms with van der Waals surface area (Å²) in [5.74, 6) is 0.368. The molecule has 0 aliphatic heterocycles. The van der Waals surface area contributed by atoms with E-state index in [1.54, 1.807) is 6.20 Å². The van der Waals surface area contributed by atoms with Gasteiger partial charge in [0.1, 0.15) is 18.2 Å². The molecule has 0 bridgehead atoms. The first-order chi connectivity index (χ1) is 8.65. The van der Waals surface area contributed by atoms with Gasteiger partial charge >= 0.3 is 0 Å². The second-order valence-corrected chi connectivity index (χ2v) is 4.16. The van der Waals surface area contributed by atoms with E-state index in [1.165, 1.54) is 12.3 Å². The van der Waals surface area contributed by atoms with Gasteiger partial charge in [-0.05, 0) is 30.7 Å². The summed E-state index contributed by atoms with van der Waals surface area (Å²) < 4.78 is 18.4. The number of aromatic nitrogens is 1. The highest BCUT2D eigenvalue weighted by atomic mass is 19.1. The third-order valence-corrected chi connectivity index (χ3v) is 2.57. The lowest BCUT2D eigenvalue weighted by Gasteiger charge is -2.08. The number of ether oxygens (including phenoxy) is 1. The van der Waals surface area contributed by atoms with Gasteiger partial charge in [-0.1, -0.05) is 12.1 Å². The zero-order chi connectivity index (χ0) is 13.0. The summed E-state index contributed by atoms with van der Waals surface area (Å²) in [5.41, 5.74) is 7.51. The molecule has 1 aromatic carbocycles. The molecule has 2 rings (SSSR count). The van der Waals surface area contributed by atoms with Gasteiger partial charge in [0.25, 0.3) is 0 Å². The van der Waals surface area contributed by atoms with E-state index in [9.17, 15) is 4.39 Å². The van der Waals surface area contributed by atoms with Crippen LogP contribution in [0.25, 0.3) is 0 Å². The number of hydrogen-bond donors (Lipinski definition) is 1. The van der Waals surface area contributed by atoms with E-state index in [4.69, 9.17) is 10.5 Å². The predicted octanol–water partition coefficient (Wildman–Crippen LogP) is 2.82. The Balaban J connectivity index is 1.98. The van der Waals surface area contributed by atoms with Crippen molar-refractivity contribution in [2.75, 3.05) is 0 Å². The molecule has 0 amide bonds. The lowest BCUT2D eigenvalue weighted by molar-refractivity contribution is 0.305. The van der Waals surface area contributed by atoms with Crippen LogP contribution in [0.15, 0.2) is 42.7 Å². The van der Waals surface area contributed by atoms with Gasteiger partial charge in [-0.3, -0.25) is 4.98 Å². The molecular formula is C14H15FN2O. The third kappa shape index (κ3) is 3.28. The van der Waals surface area contributed by atoms with Gasteiger partial charge < -0.3 is 10.5 Å². The first kappa shape index (κ1) is 12.5. The maximum Gasteiger partial charge on any atom is 0.141 e. The van der Waals surface area contributed by atoms with Crippen molar-refractivity contribution in [1.29, 1.82) is 0 Å². The lowest BCUT2D eigenvalue weighted by atomic mass is 10.1. The van der Waals surface area contributed by atoms with Crippen LogP contribution in [-0.4, -0.2) is 4.98 Å². The number of halogens is 1. The fourth-order valence-electron chi connectivity index (χ4n) is 1.57. The van der Waals surface area contributed by atoms with Crippen LogP contribution in [0.4, 0.5) is 4.39 Å². The molecule has 18 heavy (non-hydrogen) atoms. The summed E-state index contributed by atoms with van der Waals surface area (Å²) in [6, 6.07) is 8.96. The van der Waals surface area contributed by atoms with Gasteiger partial charge in [0.05, 0.1) is 6.20 Å². The highest BCUT2D eigenvalue weighted by Gasteiger charge is 2.01. The molecule has 0 fully saturated rings. The lowest BCUT2D eigenvalue weighted by Crippen LogP contribution is -2.04. The second kappa shape index (κ2) is 5.60. The molecular weight excluding hydrogens is 231 g/mol. The quantitative estimate of drug-likeness (QED) is 0.902. The van der Waals surface area contributed by atoms with Crippen molar-refractivity contribution in [2.45, 2.75) is 19.6 Å². The van der Waals surface area contributed by atoms with Crippen LogP contribution < -0.4 is 10.5 Å². The normalized spacial score (nSPS) is 12.2. The zero-order valence-corrected chi connectivity index (χ0v) is 10.1. The fourth-order valence-corrected chi connectivity index (χ4v) is 1.57. The van der Waals surface area contributed by atoms with Crippen molar-refractivity contribution >= 4 is 0 Å². The van der Waals surface area contributed by atoms with Gasteiger partial charge in [-0.25, -0.2) is 4.39 Å². The van der Waals surface area contributed by atoms with Crippen molar-refractivity contribution in [1.82, 2.24) is 4.98 Å². The van der Waals surface area contributed by atoms with Crippen LogP contribution in [0, 0.1) is 5.82 Å². The smallest absolute Gasteiger partial charge is 0.141 e. The molecule has 1 heterocycles. The largest absolute Gasteiger partial charge is 0.489 e. The molecule has 1 aromatic heterocycles. The fraction of sp³-hybridized carbons (Fsp3) is 0.214. The van der Waals surface area contributed by atoms with Crippen LogP contribution in [0.2, 0.25) is 0 Å². The Kier molecular flexibility index (Phi) is 3.89. The maximum atomic E-state index is 12.9. The third-order valence-electron chi connectivity index (χ3n) is 2.57. The molecule has 0 aliphatic carbocycles. The van der Waals surface area contributed by atoms with Crippen molar-refractivity contribution < 1.29 is 9.13 Å². The summed E-state index contributed by atoms with van der Waals surface area (Å²) in [6.07, 6.45) is 2.75. The first-order valence-corrected chi connectivity index (χ1v) is 5.73. The van der Waals surface area contributed by atoms with E-state index in [0.29, 0.717) is 12.2 Å². The molecule has 0 spiro atoms. The average molecular weight is 246 g/mol. The summed E-state index contributed by atoms with van der Waals surface area (Å²) in [7, 11) is 0. The number of nitrogens with two attached hydrogens (primary N) is 1. The van der Waals surface area contributed by atoms with Crippen LogP contribution >= 0.6 is 0 Å². The molecule has 2 N–H and O–H groups in total. The Hall–Kier alpha value is -1.94. The van der Waals surface area contributed by atoms with Crippen molar-refractivity contribution in [3.05, 3.63) is 59.7 Å². The Morgan fingerprint density at radius 3 is 2.61 bits per heavy atom. The first-order valence-electron chi connectivity index (χ1n) is 5.73. The maximum absolute atomic E-state index is 12.9. The van der Waals surface area contributed by atoms with E-state index in [0.717, 1.165) is 11.3 Å². The minimum absolute atomic E-state index is 0.00599. The van der Waals surface area contributed by atoms with Crippen molar-refractivity contribution in [2.24, 2.45) is 5.73 Å². The Labute approximate surface area is 105 Å². The number of benzene rings is 1. The zero-order valence-electron chi connectivity index (χ0n) is 10.1. The predicted molar refractivity (Wildman–Crippen MR) is 67.6 cm³/mol. The second-order valence-electron chi connectivity index (χ2n) is 4.16. The minimum Gasteiger partial charge on any atom is -0.489 e. The molecule has 4 heteroatoms. The van der Waals surface area contributed by atoms with Gasteiger partial charge in [-0.2, -0.15) is 0 Å². The molecule has 1 atom stereocenters. The number of nitrogens with zero attached hydrogens (tertiary/aromatic N) is 1. The highest BCUT2D eigenvalue weighted by molar-refractivity contribution is 5.29.